The number of para-hydroxylation sites is 1. The minimum absolute atomic E-state index is 0.0561. The molecule has 1 amide bonds. The van der Waals surface area contributed by atoms with Crippen LogP contribution in [0, 0.1) is 0 Å². The van der Waals surface area contributed by atoms with Gasteiger partial charge in [0.25, 0.3) is 0 Å². The van der Waals surface area contributed by atoms with Gasteiger partial charge in [0, 0.05) is 5.56 Å². The number of esters is 1. The molecule has 0 fully saturated rings. The van der Waals surface area contributed by atoms with Gasteiger partial charge in [0.05, 0.1) is 24.8 Å². The van der Waals surface area contributed by atoms with Crippen LogP contribution in [0.4, 0.5) is 10.5 Å². The normalized spacial score (nSPS) is 17.0. The second-order valence-corrected chi connectivity index (χ2v) is 6.42. The molecule has 1 atom stereocenters. The molecule has 0 spiro atoms. The number of anilines is 1. The highest BCUT2D eigenvalue weighted by Crippen LogP contribution is 2.41. The molecule has 1 aliphatic rings. The van der Waals surface area contributed by atoms with Crippen molar-refractivity contribution in [2.24, 2.45) is 0 Å². The molecule has 5 heteroatoms. The smallest absolute Gasteiger partial charge is 0.415 e. The fourth-order valence-corrected chi connectivity index (χ4v) is 2.59. The standard InChI is InChI=1S/C18H23NO4/c1-6-22-16(20)11-15-12(2)13-9-7-8-10-14(13)19(15)17(21)23-18(3,4)5/h7-10,15H,2,6,11H2,1,3-5H3. The van der Waals surface area contributed by atoms with E-state index in [-0.39, 0.29) is 12.4 Å². The number of rotatable bonds is 3. The van der Waals surface area contributed by atoms with E-state index in [9.17, 15) is 9.59 Å². The molecule has 0 aliphatic carbocycles. The Morgan fingerprint density at radius 1 is 1.26 bits per heavy atom. The van der Waals surface area contributed by atoms with Crippen molar-refractivity contribution < 1.29 is 19.1 Å². The first-order valence-electron chi connectivity index (χ1n) is 7.70. The Balaban J connectivity index is 2.34. The lowest BCUT2D eigenvalue weighted by Gasteiger charge is -2.29. The molecule has 0 bridgehead atoms. The Hall–Kier alpha value is -2.30. The van der Waals surface area contributed by atoms with E-state index in [1.807, 2.05) is 45.0 Å². The van der Waals surface area contributed by atoms with Gasteiger partial charge in [-0.2, -0.15) is 0 Å². The van der Waals surface area contributed by atoms with Crippen molar-refractivity contribution >= 4 is 23.3 Å². The number of hydrogen-bond acceptors (Lipinski definition) is 4. The first-order valence-corrected chi connectivity index (χ1v) is 7.70. The zero-order chi connectivity index (χ0) is 17.2. The topological polar surface area (TPSA) is 55.8 Å². The Morgan fingerprint density at radius 2 is 1.91 bits per heavy atom. The van der Waals surface area contributed by atoms with Gasteiger partial charge in [-0.1, -0.05) is 24.8 Å². The van der Waals surface area contributed by atoms with Crippen LogP contribution >= 0.6 is 0 Å². The fraction of sp³-hybridized carbons (Fsp3) is 0.444. The third-order valence-corrected chi connectivity index (χ3v) is 3.48. The van der Waals surface area contributed by atoms with Crippen LogP contribution in [0.25, 0.3) is 5.57 Å². The summed E-state index contributed by atoms with van der Waals surface area (Å²) < 4.78 is 10.5. The van der Waals surface area contributed by atoms with Crippen molar-refractivity contribution in [3.05, 3.63) is 36.4 Å². The molecule has 1 aliphatic heterocycles. The average Bonchev–Trinajstić information content (AvgIpc) is 2.71. The fourth-order valence-electron chi connectivity index (χ4n) is 2.59. The highest BCUT2D eigenvalue weighted by molar-refractivity contribution is 6.02. The Labute approximate surface area is 136 Å². The van der Waals surface area contributed by atoms with Crippen molar-refractivity contribution in [3.8, 4) is 0 Å². The molecule has 1 aromatic rings. The summed E-state index contributed by atoms with van der Waals surface area (Å²) in [6.45, 7) is 11.5. The number of fused-ring (bicyclic) bond motifs is 1. The van der Waals surface area contributed by atoms with E-state index >= 15 is 0 Å². The third kappa shape index (κ3) is 3.73. The van der Waals surface area contributed by atoms with E-state index in [4.69, 9.17) is 9.47 Å². The number of carbonyl (C=O) groups is 2. The van der Waals surface area contributed by atoms with Gasteiger partial charge in [0.1, 0.15) is 5.60 Å². The Bertz CT molecular complexity index is 630. The lowest BCUT2D eigenvalue weighted by Crippen LogP contribution is -2.42. The second-order valence-electron chi connectivity index (χ2n) is 6.42. The minimum Gasteiger partial charge on any atom is -0.466 e. The van der Waals surface area contributed by atoms with Crippen molar-refractivity contribution in [3.63, 3.8) is 0 Å². The molecule has 0 radical (unpaired) electrons. The monoisotopic (exact) mass is 317 g/mol. The molecule has 23 heavy (non-hydrogen) atoms. The molecule has 0 saturated heterocycles. The second kappa shape index (κ2) is 6.44. The molecular formula is C18H23NO4. The Kier molecular flexibility index (Phi) is 4.78. The van der Waals surface area contributed by atoms with Crippen LogP contribution in [0.15, 0.2) is 30.8 Å². The van der Waals surface area contributed by atoms with E-state index in [1.165, 1.54) is 4.90 Å². The van der Waals surface area contributed by atoms with Crippen LogP contribution in [0.3, 0.4) is 0 Å². The predicted octanol–water partition coefficient (Wildman–Crippen LogP) is 3.78. The highest BCUT2D eigenvalue weighted by Gasteiger charge is 2.40. The molecule has 0 saturated carbocycles. The lowest BCUT2D eigenvalue weighted by atomic mass is 10.0. The van der Waals surface area contributed by atoms with Crippen molar-refractivity contribution in [1.29, 1.82) is 0 Å². The highest BCUT2D eigenvalue weighted by atomic mass is 16.6. The van der Waals surface area contributed by atoms with Gasteiger partial charge in [-0.25, -0.2) is 4.79 Å². The molecule has 0 N–H and O–H groups in total. The molecule has 0 aromatic heterocycles. The average molecular weight is 317 g/mol. The van der Waals surface area contributed by atoms with E-state index in [1.54, 1.807) is 6.92 Å². The van der Waals surface area contributed by atoms with E-state index in [0.717, 1.165) is 11.1 Å². The van der Waals surface area contributed by atoms with Crippen LogP contribution in [0.2, 0.25) is 0 Å². The van der Waals surface area contributed by atoms with Crippen LogP contribution < -0.4 is 4.90 Å². The maximum atomic E-state index is 12.6. The quantitative estimate of drug-likeness (QED) is 0.796. The summed E-state index contributed by atoms with van der Waals surface area (Å²) >= 11 is 0. The maximum Gasteiger partial charge on any atom is 0.415 e. The van der Waals surface area contributed by atoms with Crippen molar-refractivity contribution in [2.75, 3.05) is 11.5 Å². The summed E-state index contributed by atoms with van der Waals surface area (Å²) in [5, 5.41) is 0. The molecule has 1 aromatic carbocycles. The molecular weight excluding hydrogens is 294 g/mol. The van der Waals surface area contributed by atoms with Gasteiger partial charge in [0.2, 0.25) is 0 Å². The SMILES string of the molecule is C=C1c2ccccc2N(C(=O)OC(C)(C)C)C1CC(=O)OCC. The number of amides is 1. The summed E-state index contributed by atoms with van der Waals surface area (Å²) in [6, 6.07) is 6.96. The van der Waals surface area contributed by atoms with Crippen molar-refractivity contribution in [2.45, 2.75) is 45.8 Å². The predicted molar refractivity (Wildman–Crippen MR) is 89.2 cm³/mol. The summed E-state index contributed by atoms with van der Waals surface area (Å²) in [4.78, 5) is 26.0. The van der Waals surface area contributed by atoms with Gasteiger partial charge < -0.3 is 9.47 Å². The number of carbonyl (C=O) groups excluding carboxylic acids is 2. The number of hydrogen-bond donors (Lipinski definition) is 0. The summed E-state index contributed by atoms with van der Waals surface area (Å²) in [6.07, 6.45) is -0.432. The molecule has 1 unspecified atom stereocenters. The van der Waals surface area contributed by atoms with Gasteiger partial charge >= 0.3 is 12.1 Å². The van der Waals surface area contributed by atoms with Crippen LogP contribution in [0.1, 0.15) is 39.7 Å². The van der Waals surface area contributed by atoms with E-state index in [0.29, 0.717) is 12.3 Å². The van der Waals surface area contributed by atoms with E-state index < -0.39 is 17.7 Å². The minimum atomic E-state index is -0.621. The molecule has 1 heterocycles. The summed E-state index contributed by atoms with van der Waals surface area (Å²) in [5.74, 6) is -0.361. The van der Waals surface area contributed by atoms with Crippen LogP contribution in [-0.2, 0) is 14.3 Å². The number of ether oxygens (including phenoxy) is 2. The Morgan fingerprint density at radius 3 is 2.52 bits per heavy atom. The first kappa shape index (κ1) is 17.1. The van der Waals surface area contributed by atoms with Crippen LogP contribution in [-0.4, -0.2) is 30.3 Å². The zero-order valence-electron chi connectivity index (χ0n) is 14.1. The van der Waals surface area contributed by atoms with Gasteiger partial charge in [-0.15, -0.1) is 0 Å². The molecule has 5 nitrogen and oxygen atoms in total. The lowest BCUT2D eigenvalue weighted by molar-refractivity contribution is -0.143. The largest absolute Gasteiger partial charge is 0.466 e. The maximum absolute atomic E-state index is 12.6. The van der Waals surface area contributed by atoms with Crippen molar-refractivity contribution in [1.82, 2.24) is 0 Å². The molecule has 2 rings (SSSR count). The van der Waals surface area contributed by atoms with Gasteiger partial charge in [0.15, 0.2) is 0 Å². The summed E-state index contributed by atoms with van der Waals surface area (Å²) in [5.41, 5.74) is 1.66. The number of nitrogens with zero attached hydrogens (tertiary/aromatic N) is 1. The molecule has 124 valence electrons. The third-order valence-electron chi connectivity index (χ3n) is 3.48. The number of benzene rings is 1. The first-order chi connectivity index (χ1) is 10.7. The van der Waals surface area contributed by atoms with E-state index in [2.05, 4.69) is 6.58 Å². The summed E-state index contributed by atoms with van der Waals surface area (Å²) in [7, 11) is 0. The van der Waals surface area contributed by atoms with Gasteiger partial charge in [-0.3, -0.25) is 9.69 Å². The van der Waals surface area contributed by atoms with Gasteiger partial charge in [-0.05, 0) is 39.3 Å². The zero-order valence-corrected chi connectivity index (χ0v) is 14.1. The van der Waals surface area contributed by atoms with Crippen LogP contribution in [0.5, 0.6) is 0 Å².